The van der Waals surface area contributed by atoms with Crippen LogP contribution in [0.25, 0.3) is 0 Å². The zero-order valence-corrected chi connectivity index (χ0v) is 15.1. The molecule has 24 heavy (non-hydrogen) atoms. The Morgan fingerprint density at radius 1 is 0.875 bits per heavy atom. The molecule has 132 valence electrons. The monoisotopic (exact) mass is 328 g/mol. The third kappa shape index (κ3) is 10.8. The Morgan fingerprint density at radius 3 is 2.00 bits per heavy atom. The second-order valence-corrected chi connectivity index (χ2v) is 5.96. The first-order chi connectivity index (χ1) is 11.8. The molecule has 0 saturated carbocycles. The number of cyclic esters (lactones) is 1. The summed E-state index contributed by atoms with van der Waals surface area (Å²) in [6.07, 6.45) is 29.4. The third-order valence-electron chi connectivity index (χ3n) is 3.84. The van der Waals surface area contributed by atoms with Crippen LogP contribution in [0.15, 0.2) is 60.3 Å². The van der Waals surface area contributed by atoms with Gasteiger partial charge in [-0.3, -0.25) is 0 Å². The highest BCUT2D eigenvalue weighted by atomic mass is 16.5. The lowest BCUT2D eigenvalue weighted by Crippen LogP contribution is -1.98. The molecule has 1 rings (SSSR count). The van der Waals surface area contributed by atoms with Gasteiger partial charge in [0, 0.05) is 5.57 Å². The van der Waals surface area contributed by atoms with Crippen molar-refractivity contribution >= 4 is 5.97 Å². The number of unbranched alkanes of at least 4 members (excludes halogenated alkanes) is 3. The van der Waals surface area contributed by atoms with Crippen LogP contribution in [0.3, 0.4) is 0 Å². The van der Waals surface area contributed by atoms with Crippen molar-refractivity contribution < 1.29 is 9.53 Å². The molecule has 2 nitrogen and oxygen atoms in total. The van der Waals surface area contributed by atoms with Crippen LogP contribution in [-0.2, 0) is 9.53 Å². The smallest absolute Gasteiger partial charge is 0.334 e. The van der Waals surface area contributed by atoms with E-state index in [0.29, 0.717) is 6.61 Å². The molecular formula is C22H32O2. The Balaban J connectivity index is 1.94. The molecule has 0 radical (unpaired) electrons. The van der Waals surface area contributed by atoms with E-state index in [1.165, 1.54) is 25.7 Å². The predicted molar refractivity (Wildman–Crippen MR) is 103 cm³/mol. The van der Waals surface area contributed by atoms with Gasteiger partial charge in [0.05, 0.1) is 0 Å². The molecule has 0 aromatic heterocycles. The first kappa shape index (κ1) is 20.2. The number of ether oxygens (including phenoxy) is 1. The fourth-order valence-electron chi connectivity index (χ4n) is 2.40. The Kier molecular flexibility index (Phi) is 12.4. The summed E-state index contributed by atoms with van der Waals surface area (Å²) in [6, 6.07) is 0. The second-order valence-electron chi connectivity index (χ2n) is 5.96. The normalized spacial score (nSPS) is 15.4. The number of rotatable bonds is 13. The minimum absolute atomic E-state index is 0.147. The molecule has 0 amide bonds. The Labute approximate surface area is 147 Å². The van der Waals surface area contributed by atoms with Crippen molar-refractivity contribution in [3.63, 3.8) is 0 Å². The highest BCUT2D eigenvalue weighted by molar-refractivity contribution is 5.90. The summed E-state index contributed by atoms with van der Waals surface area (Å²) in [5, 5.41) is 0. The van der Waals surface area contributed by atoms with E-state index in [0.717, 1.165) is 37.7 Å². The summed E-state index contributed by atoms with van der Waals surface area (Å²) >= 11 is 0. The lowest BCUT2D eigenvalue weighted by atomic mass is 10.1. The zero-order valence-electron chi connectivity index (χ0n) is 15.1. The summed E-state index contributed by atoms with van der Waals surface area (Å²) in [5.74, 6) is -0.147. The van der Waals surface area contributed by atoms with Gasteiger partial charge in [-0.05, 0) is 51.0 Å². The van der Waals surface area contributed by atoms with Gasteiger partial charge in [0.25, 0.3) is 0 Å². The summed E-state index contributed by atoms with van der Waals surface area (Å²) < 4.78 is 4.87. The fourth-order valence-corrected chi connectivity index (χ4v) is 2.40. The second kappa shape index (κ2) is 14.7. The molecule has 0 saturated heterocycles. The summed E-state index contributed by atoms with van der Waals surface area (Å²) in [7, 11) is 0. The highest BCUT2D eigenvalue weighted by Gasteiger charge is 2.14. The van der Waals surface area contributed by atoms with Gasteiger partial charge in [-0.2, -0.15) is 0 Å². The van der Waals surface area contributed by atoms with Crippen molar-refractivity contribution in [1.82, 2.24) is 0 Å². The maximum atomic E-state index is 11.2. The van der Waals surface area contributed by atoms with Crippen LogP contribution in [0.2, 0.25) is 0 Å². The molecule has 1 heterocycles. The standard InChI is InChI=1S/C22H32O2/c1-2-3-4-5-6-7-8-9-10-11-12-13-14-15-16-17-18-21-19-20-24-22(21)23/h6-7,9-10,12-13,15-16,19H,2-5,8,11,14,17-18,20H2,1H3/b7-6+,10-9+,13-12+,16-15+. The lowest BCUT2D eigenvalue weighted by molar-refractivity contribution is -0.136. The zero-order chi connectivity index (χ0) is 17.3. The van der Waals surface area contributed by atoms with Crippen molar-refractivity contribution in [1.29, 1.82) is 0 Å². The quantitative estimate of drug-likeness (QED) is 0.228. The van der Waals surface area contributed by atoms with E-state index in [-0.39, 0.29) is 5.97 Å². The number of hydrogen-bond donors (Lipinski definition) is 0. The number of hydrogen-bond acceptors (Lipinski definition) is 2. The van der Waals surface area contributed by atoms with E-state index in [1.54, 1.807) is 0 Å². The first-order valence-electron chi connectivity index (χ1n) is 9.30. The van der Waals surface area contributed by atoms with Gasteiger partial charge in [-0.25, -0.2) is 4.79 Å². The van der Waals surface area contributed by atoms with Crippen LogP contribution in [-0.4, -0.2) is 12.6 Å². The molecular weight excluding hydrogens is 296 g/mol. The molecule has 0 bridgehead atoms. The van der Waals surface area contributed by atoms with Crippen LogP contribution in [0.4, 0.5) is 0 Å². The third-order valence-corrected chi connectivity index (χ3v) is 3.84. The average molecular weight is 328 g/mol. The first-order valence-corrected chi connectivity index (χ1v) is 9.30. The van der Waals surface area contributed by atoms with E-state index in [2.05, 4.69) is 55.5 Å². The largest absolute Gasteiger partial charge is 0.458 e. The van der Waals surface area contributed by atoms with Crippen LogP contribution in [0.5, 0.6) is 0 Å². The van der Waals surface area contributed by atoms with Gasteiger partial charge in [0.1, 0.15) is 6.61 Å². The van der Waals surface area contributed by atoms with Gasteiger partial charge < -0.3 is 4.74 Å². The van der Waals surface area contributed by atoms with E-state index < -0.39 is 0 Å². The van der Waals surface area contributed by atoms with Crippen molar-refractivity contribution in [3.8, 4) is 0 Å². The topological polar surface area (TPSA) is 26.3 Å². The van der Waals surface area contributed by atoms with Crippen LogP contribution >= 0.6 is 0 Å². The molecule has 0 spiro atoms. The van der Waals surface area contributed by atoms with E-state index >= 15 is 0 Å². The average Bonchev–Trinajstić information content (AvgIpc) is 2.99. The molecule has 0 aromatic carbocycles. The van der Waals surface area contributed by atoms with Gasteiger partial charge >= 0.3 is 5.97 Å². The summed E-state index contributed by atoms with van der Waals surface area (Å²) in [4.78, 5) is 11.2. The van der Waals surface area contributed by atoms with E-state index in [4.69, 9.17) is 4.74 Å². The maximum Gasteiger partial charge on any atom is 0.334 e. The van der Waals surface area contributed by atoms with Gasteiger partial charge in [0.2, 0.25) is 0 Å². The minimum Gasteiger partial charge on any atom is -0.458 e. The highest BCUT2D eigenvalue weighted by Crippen LogP contribution is 2.13. The minimum atomic E-state index is -0.147. The van der Waals surface area contributed by atoms with Crippen molar-refractivity contribution in [3.05, 3.63) is 60.3 Å². The van der Waals surface area contributed by atoms with Crippen molar-refractivity contribution in [2.24, 2.45) is 0 Å². The lowest BCUT2D eigenvalue weighted by Gasteiger charge is -1.95. The van der Waals surface area contributed by atoms with Gasteiger partial charge in [-0.1, -0.05) is 68.4 Å². The van der Waals surface area contributed by atoms with Crippen LogP contribution in [0, 0.1) is 0 Å². The number of carbonyl (C=O) groups is 1. The molecule has 2 heteroatoms. The molecule has 0 atom stereocenters. The van der Waals surface area contributed by atoms with Crippen LogP contribution in [0.1, 0.15) is 64.7 Å². The summed E-state index contributed by atoms with van der Waals surface area (Å²) in [6.45, 7) is 2.68. The Bertz CT molecular complexity index is 478. The SMILES string of the molecule is CCCCC/C=C/C/C=C/C/C=C/C/C=C/CCC1=CCOC1=O. The van der Waals surface area contributed by atoms with Crippen molar-refractivity contribution in [2.75, 3.05) is 6.61 Å². The van der Waals surface area contributed by atoms with Gasteiger partial charge in [0.15, 0.2) is 0 Å². The number of esters is 1. The molecule has 1 aliphatic rings. The Hall–Kier alpha value is -1.83. The summed E-state index contributed by atoms with van der Waals surface area (Å²) in [5.41, 5.74) is 0.819. The van der Waals surface area contributed by atoms with Crippen molar-refractivity contribution in [2.45, 2.75) is 64.7 Å². The van der Waals surface area contributed by atoms with Gasteiger partial charge in [-0.15, -0.1) is 0 Å². The molecule has 0 aromatic rings. The molecule has 0 N–H and O–H groups in total. The van der Waals surface area contributed by atoms with Crippen LogP contribution < -0.4 is 0 Å². The Morgan fingerprint density at radius 2 is 1.46 bits per heavy atom. The van der Waals surface area contributed by atoms with E-state index in [1.807, 2.05) is 6.08 Å². The van der Waals surface area contributed by atoms with E-state index in [9.17, 15) is 4.79 Å². The molecule has 1 aliphatic heterocycles. The predicted octanol–water partition coefficient (Wildman–Crippen LogP) is 6.23. The molecule has 0 fully saturated rings. The maximum absolute atomic E-state index is 11.2. The molecule has 0 unspecified atom stereocenters. The molecule has 0 aliphatic carbocycles. The number of allylic oxidation sites excluding steroid dienone is 8. The fraction of sp³-hybridized carbons (Fsp3) is 0.500. The number of carbonyl (C=O) groups excluding carboxylic acids is 1.